The van der Waals surface area contributed by atoms with Crippen molar-refractivity contribution in [3.63, 3.8) is 0 Å². The number of rotatable bonds is 5. The number of nitrogens with zero attached hydrogens (tertiary/aromatic N) is 1. The molecule has 0 bridgehead atoms. The average molecular weight is 361 g/mol. The number of carbonyl (C=O) groups is 2. The lowest BCUT2D eigenvalue weighted by atomic mass is 9.82. The zero-order chi connectivity index (χ0) is 19.3. The Morgan fingerprint density at radius 1 is 1.12 bits per heavy atom. The molecule has 0 spiro atoms. The topological polar surface area (TPSA) is 74.2 Å². The minimum Gasteiger partial charge on any atom is -0.463 e. The highest BCUT2D eigenvalue weighted by Gasteiger charge is 2.43. The fourth-order valence-corrected chi connectivity index (χ4v) is 2.96. The van der Waals surface area contributed by atoms with E-state index in [-0.39, 0.29) is 36.6 Å². The first-order chi connectivity index (χ1) is 12.3. The van der Waals surface area contributed by atoms with Crippen LogP contribution in [-0.2, 0) is 23.8 Å². The maximum Gasteiger partial charge on any atom is 0.305 e. The summed E-state index contributed by atoms with van der Waals surface area (Å²) in [4.78, 5) is 27.2. The largest absolute Gasteiger partial charge is 0.463 e. The fourth-order valence-electron chi connectivity index (χ4n) is 2.96. The first-order valence-electron chi connectivity index (χ1n) is 8.84. The molecule has 5 atom stereocenters. The number of hydrogen-bond acceptors (Lipinski definition) is 6. The van der Waals surface area contributed by atoms with Crippen molar-refractivity contribution in [2.45, 2.75) is 53.1 Å². The van der Waals surface area contributed by atoms with Crippen molar-refractivity contribution >= 4 is 18.2 Å². The van der Waals surface area contributed by atoms with E-state index < -0.39 is 12.3 Å². The van der Waals surface area contributed by atoms with E-state index in [9.17, 15) is 9.59 Å². The summed E-state index contributed by atoms with van der Waals surface area (Å²) < 4.78 is 16.4. The molecule has 26 heavy (non-hydrogen) atoms. The van der Waals surface area contributed by atoms with Crippen LogP contribution in [0.2, 0.25) is 0 Å². The molecule has 1 aromatic rings. The molecule has 0 saturated carbocycles. The number of carbonyl (C=O) groups excluding carboxylic acids is 2. The molecule has 1 heterocycles. The summed E-state index contributed by atoms with van der Waals surface area (Å²) in [7, 11) is 0. The predicted octanol–water partition coefficient (Wildman–Crippen LogP) is 2.91. The monoisotopic (exact) mass is 361 g/mol. The quantitative estimate of drug-likeness (QED) is 0.595. The van der Waals surface area contributed by atoms with Gasteiger partial charge in [0, 0.05) is 20.1 Å². The summed E-state index contributed by atoms with van der Waals surface area (Å²) >= 11 is 0. The second kappa shape index (κ2) is 8.94. The van der Waals surface area contributed by atoms with Crippen LogP contribution in [0.3, 0.4) is 0 Å². The van der Waals surface area contributed by atoms with E-state index in [1.807, 2.05) is 45.0 Å². The Morgan fingerprint density at radius 3 is 2.35 bits per heavy atom. The molecule has 0 aromatic heterocycles. The summed E-state index contributed by atoms with van der Waals surface area (Å²) in [5.41, 5.74) is 2.15. The molecule has 0 radical (unpaired) electrons. The van der Waals surface area contributed by atoms with Crippen LogP contribution in [0.15, 0.2) is 29.3 Å². The Bertz CT molecular complexity index is 655. The van der Waals surface area contributed by atoms with E-state index >= 15 is 0 Å². The van der Waals surface area contributed by atoms with Crippen LogP contribution in [0.25, 0.3) is 0 Å². The van der Waals surface area contributed by atoms with Crippen LogP contribution in [0, 0.1) is 18.8 Å². The van der Waals surface area contributed by atoms with E-state index in [1.54, 1.807) is 6.21 Å². The summed E-state index contributed by atoms with van der Waals surface area (Å²) in [6.45, 7) is 8.93. The van der Waals surface area contributed by atoms with Gasteiger partial charge in [-0.25, -0.2) is 0 Å². The molecular weight excluding hydrogens is 334 g/mol. The zero-order valence-corrected chi connectivity index (χ0v) is 16.0. The van der Waals surface area contributed by atoms with E-state index in [0.29, 0.717) is 0 Å². The molecule has 6 nitrogen and oxygen atoms in total. The predicted molar refractivity (Wildman–Crippen MR) is 97.9 cm³/mol. The van der Waals surface area contributed by atoms with Gasteiger partial charge in [-0.05, 0) is 24.3 Å². The average Bonchev–Trinajstić information content (AvgIpc) is 2.57. The molecule has 2 rings (SSSR count). The minimum absolute atomic E-state index is 0.0790. The highest BCUT2D eigenvalue weighted by Crippen LogP contribution is 2.33. The molecule has 0 amide bonds. The Hall–Kier alpha value is -2.21. The van der Waals surface area contributed by atoms with Crippen LogP contribution in [0.4, 0.5) is 0 Å². The fraction of sp³-hybridized carbons (Fsp3) is 0.550. The number of aliphatic imine (C=N–C) groups is 1. The van der Waals surface area contributed by atoms with E-state index in [0.717, 1.165) is 5.56 Å². The molecular formula is C20H27NO5. The highest BCUT2D eigenvalue weighted by molar-refractivity contribution is 5.79. The van der Waals surface area contributed by atoms with Crippen molar-refractivity contribution < 1.29 is 23.8 Å². The molecule has 3 unspecified atom stereocenters. The third-order valence-electron chi connectivity index (χ3n) is 4.75. The lowest BCUT2D eigenvalue weighted by Gasteiger charge is -2.42. The van der Waals surface area contributed by atoms with Crippen LogP contribution in [0.1, 0.15) is 38.8 Å². The molecule has 1 saturated heterocycles. The highest BCUT2D eigenvalue weighted by atomic mass is 16.7. The minimum atomic E-state index is -0.805. The van der Waals surface area contributed by atoms with Gasteiger partial charge in [0.25, 0.3) is 0 Å². The van der Waals surface area contributed by atoms with Gasteiger partial charge in [-0.3, -0.25) is 14.6 Å². The maximum absolute atomic E-state index is 11.5. The maximum atomic E-state index is 11.5. The Balaban J connectivity index is 2.17. The first kappa shape index (κ1) is 20.1. The normalized spacial score (nSPS) is 28.7. The Labute approximate surface area is 154 Å². The van der Waals surface area contributed by atoms with Gasteiger partial charge in [0.05, 0.1) is 6.10 Å². The molecule has 0 aliphatic carbocycles. The van der Waals surface area contributed by atoms with Gasteiger partial charge in [0.2, 0.25) is 6.29 Å². The zero-order valence-electron chi connectivity index (χ0n) is 16.0. The Kier molecular flexibility index (Phi) is 6.91. The van der Waals surface area contributed by atoms with Crippen molar-refractivity contribution in [1.29, 1.82) is 0 Å². The second-order valence-corrected chi connectivity index (χ2v) is 6.85. The van der Waals surface area contributed by atoms with Crippen LogP contribution < -0.4 is 0 Å². The van der Waals surface area contributed by atoms with Crippen molar-refractivity contribution in [3.8, 4) is 0 Å². The van der Waals surface area contributed by atoms with Gasteiger partial charge in [-0.15, -0.1) is 0 Å². The van der Waals surface area contributed by atoms with Crippen molar-refractivity contribution in [3.05, 3.63) is 35.4 Å². The van der Waals surface area contributed by atoms with Gasteiger partial charge in [-0.2, -0.15) is 0 Å². The molecule has 1 aliphatic heterocycles. The van der Waals surface area contributed by atoms with Crippen molar-refractivity contribution in [2.24, 2.45) is 16.8 Å². The van der Waals surface area contributed by atoms with Gasteiger partial charge >= 0.3 is 11.9 Å². The molecule has 1 aromatic carbocycles. The van der Waals surface area contributed by atoms with Crippen molar-refractivity contribution in [1.82, 2.24) is 0 Å². The van der Waals surface area contributed by atoms with Crippen molar-refractivity contribution in [2.75, 3.05) is 6.61 Å². The van der Waals surface area contributed by atoms with Gasteiger partial charge in [-0.1, -0.05) is 43.7 Å². The molecule has 142 valence electrons. The molecule has 1 aliphatic rings. The third kappa shape index (κ3) is 5.39. The van der Waals surface area contributed by atoms with Gasteiger partial charge in [0.15, 0.2) is 0 Å². The van der Waals surface area contributed by atoms with E-state index in [1.165, 1.54) is 19.4 Å². The lowest BCUT2D eigenvalue weighted by molar-refractivity contribution is -0.234. The van der Waals surface area contributed by atoms with Gasteiger partial charge < -0.3 is 14.2 Å². The third-order valence-corrected chi connectivity index (χ3v) is 4.75. The Morgan fingerprint density at radius 2 is 1.77 bits per heavy atom. The second-order valence-electron chi connectivity index (χ2n) is 6.85. The van der Waals surface area contributed by atoms with E-state index in [4.69, 9.17) is 14.2 Å². The summed E-state index contributed by atoms with van der Waals surface area (Å²) in [5.74, 6) is -0.632. The van der Waals surface area contributed by atoms with Crippen LogP contribution in [-0.4, -0.2) is 43.2 Å². The van der Waals surface area contributed by atoms with E-state index in [2.05, 4.69) is 4.99 Å². The lowest BCUT2D eigenvalue weighted by Crippen LogP contribution is -2.51. The smallest absolute Gasteiger partial charge is 0.305 e. The van der Waals surface area contributed by atoms with Crippen LogP contribution >= 0.6 is 0 Å². The first-order valence-corrected chi connectivity index (χ1v) is 8.84. The number of esters is 2. The summed E-state index contributed by atoms with van der Waals surface area (Å²) in [6, 6.07) is 7.68. The standard InChI is InChI=1S/C20H27NO5/c1-12-6-8-17(9-7-12)10-21-19-14(3)13(2)18(11-24-15(4)22)26-20(19)25-16(5)23/h6-10,13-14,18-20H,11H2,1-5H3/b21-10-/t13-,14-,18?,19?,20?/m0/s1. The number of aryl methyl sites for hydroxylation is 1. The van der Waals surface area contributed by atoms with Gasteiger partial charge in [0.1, 0.15) is 12.6 Å². The SMILES string of the molecule is CC(=O)OCC1OC(OC(C)=O)C(/N=C\c2ccc(C)cc2)[C@@H](C)[C@@H]1C. The number of benzene rings is 1. The molecule has 6 heteroatoms. The van der Waals surface area contributed by atoms with Crippen LogP contribution in [0.5, 0.6) is 0 Å². The summed E-state index contributed by atoms with van der Waals surface area (Å²) in [6.07, 6.45) is 0.629. The molecule has 1 fully saturated rings. The number of ether oxygens (including phenoxy) is 3. The molecule has 0 N–H and O–H groups in total. The summed E-state index contributed by atoms with van der Waals surface area (Å²) in [5, 5.41) is 0. The number of hydrogen-bond donors (Lipinski definition) is 0.